The van der Waals surface area contributed by atoms with Crippen LogP contribution in [0, 0.1) is 0 Å². The molecular formula is C21H28IN3O3. The molecule has 2 aromatic carbocycles. The van der Waals surface area contributed by atoms with Crippen molar-refractivity contribution in [1.29, 1.82) is 0 Å². The van der Waals surface area contributed by atoms with Gasteiger partial charge in [0.2, 0.25) is 0 Å². The maximum absolute atomic E-state index is 5.99. The van der Waals surface area contributed by atoms with Crippen LogP contribution in [0.15, 0.2) is 53.5 Å². The maximum Gasteiger partial charge on any atom is 0.193 e. The Hall–Kier alpha value is -1.84. The summed E-state index contributed by atoms with van der Waals surface area (Å²) in [6.07, 6.45) is 2.24. The molecule has 0 bridgehead atoms. The Bertz CT molecular complexity index is 747. The van der Waals surface area contributed by atoms with Gasteiger partial charge < -0.3 is 25.3 Å². The molecule has 7 heteroatoms. The number of nitrogens with zero attached hydrogens (tertiary/aromatic N) is 1. The molecule has 2 aromatic rings. The molecule has 0 saturated carbocycles. The number of hydrogen-bond donors (Lipinski definition) is 2. The van der Waals surface area contributed by atoms with Gasteiger partial charge >= 0.3 is 0 Å². The number of rotatable bonds is 7. The lowest BCUT2D eigenvalue weighted by atomic mass is 10.1. The van der Waals surface area contributed by atoms with E-state index in [2.05, 4.69) is 22.4 Å². The number of anilines is 1. The Kier molecular flexibility index (Phi) is 9.52. The van der Waals surface area contributed by atoms with Crippen molar-refractivity contribution in [2.75, 3.05) is 25.6 Å². The predicted molar refractivity (Wildman–Crippen MR) is 122 cm³/mol. The van der Waals surface area contributed by atoms with Gasteiger partial charge in [-0.25, -0.2) is 4.99 Å². The highest BCUT2D eigenvalue weighted by atomic mass is 127. The third kappa shape index (κ3) is 7.29. The molecule has 1 saturated heterocycles. The van der Waals surface area contributed by atoms with Gasteiger partial charge in [-0.15, -0.1) is 24.0 Å². The van der Waals surface area contributed by atoms with Crippen LogP contribution in [0.4, 0.5) is 5.69 Å². The minimum absolute atomic E-state index is 0. The lowest BCUT2D eigenvalue weighted by Gasteiger charge is -2.22. The van der Waals surface area contributed by atoms with Gasteiger partial charge in [0, 0.05) is 18.9 Å². The molecule has 0 unspecified atom stereocenters. The van der Waals surface area contributed by atoms with E-state index in [9.17, 15) is 0 Å². The predicted octanol–water partition coefficient (Wildman–Crippen LogP) is 3.94. The minimum atomic E-state index is 0. The summed E-state index contributed by atoms with van der Waals surface area (Å²) in [5.41, 5.74) is 9.11. The van der Waals surface area contributed by atoms with Crippen LogP contribution < -0.4 is 15.8 Å². The Morgan fingerprint density at radius 3 is 2.57 bits per heavy atom. The van der Waals surface area contributed by atoms with Crippen molar-refractivity contribution < 1.29 is 14.2 Å². The van der Waals surface area contributed by atoms with E-state index < -0.39 is 0 Å². The highest BCUT2D eigenvalue weighted by Crippen LogP contribution is 2.16. The first kappa shape index (κ1) is 22.4. The largest absolute Gasteiger partial charge is 0.497 e. The lowest BCUT2D eigenvalue weighted by Crippen LogP contribution is -2.23. The molecule has 3 rings (SSSR count). The van der Waals surface area contributed by atoms with Crippen LogP contribution in [0.1, 0.15) is 24.0 Å². The summed E-state index contributed by atoms with van der Waals surface area (Å²) in [6, 6.07) is 15.8. The number of ether oxygens (including phenoxy) is 3. The average Bonchev–Trinajstić information content (AvgIpc) is 2.72. The molecule has 0 aromatic heterocycles. The Labute approximate surface area is 183 Å². The summed E-state index contributed by atoms with van der Waals surface area (Å²) in [7, 11) is 1.64. The normalized spacial score (nSPS) is 15.0. The van der Waals surface area contributed by atoms with Crippen LogP contribution in [0.3, 0.4) is 0 Å². The van der Waals surface area contributed by atoms with E-state index in [1.54, 1.807) is 7.11 Å². The van der Waals surface area contributed by atoms with Crippen LogP contribution in [0.25, 0.3) is 0 Å². The highest BCUT2D eigenvalue weighted by molar-refractivity contribution is 14.0. The summed E-state index contributed by atoms with van der Waals surface area (Å²) in [6.45, 7) is 2.71. The minimum Gasteiger partial charge on any atom is -0.497 e. The summed E-state index contributed by atoms with van der Waals surface area (Å²) < 4.78 is 16.5. The molecule has 6 nitrogen and oxygen atoms in total. The third-order valence-corrected chi connectivity index (χ3v) is 4.44. The van der Waals surface area contributed by atoms with Crippen molar-refractivity contribution in [1.82, 2.24) is 0 Å². The van der Waals surface area contributed by atoms with Gasteiger partial charge in [-0.1, -0.05) is 24.3 Å². The zero-order valence-corrected chi connectivity index (χ0v) is 18.4. The number of benzene rings is 2. The zero-order valence-electron chi connectivity index (χ0n) is 16.1. The van der Waals surface area contributed by atoms with E-state index in [1.807, 2.05) is 36.4 Å². The van der Waals surface area contributed by atoms with Crippen molar-refractivity contribution in [2.24, 2.45) is 10.7 Å². The molecule has 1 heterocycles. The number of guanidine groups is 1. The van der Waals surface area contributed by atoms with Gasteiger partial charge in [0.25, 0.3) is 0 Å². The van der Waals surface area contributed by atoms with Crippen molar-refractivity contribution >= 4 is 35.6 Å². The van der Waals surface area contributed by atoms with Gasteiger partial charge in [-0.05, 0) is 48.2 Å². The topological polar surface area (TPSA) is 78.1 Å². The van der Waals surface area contributed by atoms with Crippen molar-refractivity contribution in [3.8, 4) is 5.75 Å². The second-order valence-corrected chi connectivity index (χ2v) is 6.50. The fourth-order valence-electron chi connectivity index (χ4n) is 2.91. The molecule has 1 aliphatic rings. The first-order valence-electron chi connectivity index (χ1n) is 9.21. The molecule has 0 spiro atoms. The van der Waals surface area contributed by atoms with Crippen LogP contribution in [0.2, 0.25) is 0 Å². The Morgan fingerprint density at radius 1 is 1.14 bits per heavy atom. The highest BCUT2D eigenvalue weighted by Gasteiger charge is 2.13. The van der Waals surface area contributed by atoms with Gasteiger partial charge in [-0.2, -0.15) is 0 Å². The SMILES string of the molecule is COc1ccc(NC(N)=NCc2cccc(COC3CCOCC3)c2)cc1.I. The fourth-order valence-corrected chi connectivity index (χ4v) is 2.91. The molecule has 0 amide bonds. The first-order chi connectivity index (χ1) is 13.2. The Balaban J connectivity index is 0.00000280. The van der Waals surface area contributed by atoms with Crippen LogP contribution >= 0.6 is 24.0 Å². The average molecular weight is 497 g/mol. The van der Waals surface area contributed by atoms with E-state index in [1.165, 1.54) is 0 Å². The van der Waals surface area contributed by atoms with Gasteiger partial charge in [-0.3, -0.25) is 0 Å². The monoisotopic (exact) mass is 497 g/mol. The van der Waals surface area contributed by atoms with Crippen molar-refractivity contribution in [3.05, 3.63) is 59.7 Å². The molecule has 152 valence electrons. The summed E-state index contributed by atoms with van der Waals surface area (Å²) in [5, 5.41) is 3.08. The van der Waals surface area contributed by atoms with E-state index in [0.29, 0.717) is 25.2 Å². The zero-order chi connectivity index (χ0) is 18.9. The summed E-state index contributed by atoms with van der Waals surface area (Å²) >= 11 is 0. The number of aliphatic imine (C=N–C) groups is 1. The van der Waals surface area contributed by atoms with Gasteiger partial charge in [0.1, 0.15) is 5.75 Å². The molecule has 0 radical (unpaired) electrons. The summed E-state index contributed by atoms with van der Waals surface area (Å²) in [5.74, 6) is 1.18. The third-order valence-electron chi connectivity index (χ3n) is 4.44. The van der Waals surface area contributed by atoms with Gasteiger partial charge in [0.15, 0.2) is 5.96 Å². The molecule has 1 aliphatic heterocycles. The van der Waals surface area contributed by atoms with Crippen molar-refractivity contribution in [3.63, 3.8) is 0 Å². The standard InChI is InChI=1S/C21H27N3O3.HI/c1-25-19-7-5-18(6-8-19)24-21(22)23-14-16-3-2-4-17(13-16)15-27-20-9-11-26-12-10-20;/h2-8,13,20H,9-12,14-15H2,1H3,(H3,22,23,24);1H. The molecule has 3 N–H and O–H groups in total. The number of hydrogen-bond acceptors (Lipinski definition) is 4. The molecule has 0 atom stereocenters. The van der Waals surface area contributed by atoms with Crippen molar-refractivity contribution in [2.45, 2.75) is 32.1 Å². The number of nitrogens with two attached hydrogens (primary N) is 1. The fraction of sp³-hybridized carbons (Fsp3) is 0.381. The van der Waals surface area contributed by atoms with E-state index in [-0.39, 0.29) is 24.0 Å². The molecule has 1 fully saturated rings. The second-order valence-electron chi connectivity index (χ2n) is 6.50. The van der Waals surface area contributed by atoms with Crippen LogP contribution in [-0.2, 0) is 22.6 Å². The number of methoxy groups -OCH3 is 1. The molecule has 28 heavy (non-hydrogen) atoms. The maximum atomic E-state index is 5.99. The molecule has 0 aliphatic carbocycles. The summed E-state index contributed by atoms with van der Waals surface area (Å²) in [4.78, 5) is 4.42. The second kappa shape index (κ2) is 11.9. The lowest BCUT2D eigenvalue weighted by molar-refractivity contribution is -0.0390. The van der Waals surface area contributed by atoms with E-state index in [4.69, 9.17) is 19.9 Å². The number of nitrogens with one attached hydrogen (secondary N) is 1. The Morgan fingerprint density at radius 2 is 1.86 bits per heavy atom. The van der Waals surface area contributed by atoms with Crippen LogP contribution in [0.5, 0.6) is 5.75 Å². The van der Waals surface area contributed by atoms with E-state index >= 15 is 0 Å². The van der Waals surface area contributed by atoms with E-state index in [0.717, 1.165) is 48.6 Å². The quantitative estimate of drug-likeness (QED) is 0.345. The first-order valence-corrected chi connectivity index (χ1v) is 9.21. The van der Waals surface area contributed by atoms with Gasteiger partial charge in [0.05, 0.1) is 26.4 Å². The smallest absolute Gasteiger partial charge is 0.193 e. The van der Waals surface area contributed by atoms with Crippen LogP contribution in [-0.4, -0.2) is 32.4 Å². The molecular weight excluding hydrogens is 469 g/mol. The number of halogens is 1.